The minimum absolute atomic E-state index is 0.0289. The van der Waals surface area contributed by atoms with Gasteiger partial charge < -0.3 is 10.6 Å². The van der Waals surface area contributed by atoms with Crippen LogP contribution in [0, 0.1) is 17.0 Å². The van der Waals surface area contributed by atoms with Gasteiger partial charge in [-0.15, -0.1) is 0 Å². The summed E-state index contributed by atoms with van der Waals surface area (Å²) in [7, 11) is 1.61. The normalized spacial score (nSPS) is 10.3. The lowest BCUT2D eigenvalue weighted by atomic mass is 10.2. The van der Waals surface area contributed by atoms with Crippen molar-refractivity contribution in [2.24, 2.45) is 0 Å². The lowest BCUT2D eigenvalue weighted by molar-refractivity contribution is -0.384. The predicted octanol–water partition coefficient (Wildman–Crippen LogP) is 3.79. The molecule has 9 heteroatoms. The summed E-state index contributed by atoms with van der Waals surface area (Å²) in [6, 6.07) is 3.25. The lowest BCUT2D eigenvalue weighted by Gasteiger charge is -2.10. The minimum Gasteiger partial charge on any atom is -0.357 e. The van der Waals surface area contributed by atoms with E-state index in [2.05, 4.69) is 20.6 Å². The second kappa shape index (κ2) is 6.11. The molecule has 0 spiro atoms. The van der Waals surface area contributed by atoms with Crippen LogP contribution in [0.25, 0.3) is 0 Å². The first-order valence-corrected chi connectivity index (χ1v) is 6.60. The monoisotopic (exact) mass is 327 g/mol. The summed E-state index contributed by atoms with van der Waals surface area (Å²) in [6.45, 7) is 1.81. The number of hydrogen-bond donors (Lipinski definition) is 2. The van der Waals surface area contributed by atoms with E-state index in [0.29, 0.717) is 15.7 Å². The van der Waals surface area contributed by atoms with Gasteiger partial charge in [0.2, 0.25) is 11.8 Å². The highest BCUT2D eigenvalue weighted by molar-refractivity contribution is 6.35. The molecule has 0 saturated heterocycles. The molecule has 0 aliphatic heterocycles. The number of halogens is 2. The van der Waals surface area contributed by atoms with Crippen LogP contribution in [0.15, 0.2) is 18.3 Å². The van der Waals surface area contributed by atoms with Gasteiger partial charge in [0.1, 0.15) is 6.20 Å². The van der Waals surface area contributed by atoms with Crippen LogP contribution in [0.1, 0.15) is 5.56 Å². The highest BCUT2D eigenvalue weighted by Crippen LogP contribution is 2.33. The summed E-state index contributed by atoms with van der Waals surface area (Å²) in [4.78, 5) is 18.3. The van der Waals surface area contributed by atoms with Crippen LogP contribution < -0.4 is 10.6 Å². The van der Waals surface area contributed by atoms with E-state index in [9.17, 15) is 10.1 Å². The van der Waals surface area contributed by atoms with Gasteiger partial charge in [-0.05, 0) is 24.6 Å². The van der Waals surface area contributed by atoms with Crippen molar-refractivity contribution in [3.05, 3.63) is 44.1 Å². The van der Waals surface area contributed by atoms with Gasteiger partial charge in [-0.25, -0.2) is 4.98 Å². The maximum atomic E-state index is 11.0. The third-order valence-corrected chi connectivity index (χ3v) is 3.41. The van der Waals surface area contributed by atoms with Gasteiger partial charge in [0, 0.05) is 12.1 Å². The first-order valence-electron chi connectivity index (χ1n) is 5.84. The molecule has 2 rings (SSSR count). The Balaban J connectivity index is 2.47. The summed E-state index contributed by atoms with van der Waals surface area (Å²) in [5, 5.41) is 17.4. The van der Waals surface area contributed by atoms with E-state index in [1.165, 1.54) is 0 Å². The summed E-state index contributed by atoms with van der Waals surface area (Å²) >= 11 is 12.1. The van der Waals surface area contributed by atoms with Crippen molar-refractivity contribution >= 4 is 46.3 Å². The molecule has 1 aromatic carbocycles. The predicted molar refractivity (Wildman–Crippen MR) is 82.7 cm³/mol. The van der Waals surface area contributed by atoms with Crippen LogP contribution in [0.3, 0.4) is 0 Å². The van der Waals surface area contributed by atoms with Crippen LogP contribution in [0.2, 0.25) is 10.0 Å². The van der Waals surface area contributed by atoms with Crippen molar-refractivity contribution in [3.63, 3.8) is 0 Å². The summed E-state index contributed by atoms with van der Waals surface area (Å²) in [5.74, 6) is 0.276. The number of hydrogen-bond acceptors (Lipinski definition) is 6. The molecule has 0 bridgehead atoms. The quantitative estimate of drug-likeness (QED) is 0.655. The van der Waals surface area contributed by atoms with Crippen LogP contribution >= 0.6 is 23.2 Å². The van der Waals surface area contributed by atoms with Crippen LogP contribution in [-0.4, -0.2) is 21.9 Å². The van der Waals surface area contributed by atoms with Gasteiger partial charge in [-0.2, -0.15) is 4.98 Å². The molecule has 0 saturated carbocycles. The summed E-state index contributed by atoms with van der Waals surface area (Å²) in [5.41, 5.74) is 0.971. The van der Waals surface area contributed by atoms with Crippen molar-refractivity contribution in [3.8, 4) is 0 Å². The molecular formula is C12H11Cl2N5O2. The first kappa shape index (κ1) is 15.3. The van der Waals surface area contributed by atoms with Gasteiger partial charge in [-0.1, -0.05) is 23.2 Å². The van der Waals surface area contributed by atoms with Crippen LogP contribution in [0.4, 0.5) is 23.1 Å². The van der Waals surface area contributed by atoms with Crippen LogP contribution in [0.5, 0.6) is 0 Å². The average molecular weight is 328 g/mol. The van der Waals surface area contributed by atoms with E-state index < -0.39 is 4.92 Å². The van der Waals surface area contributed by atoms with Gasteiger partial charge in [-0.3, -0.25) is 10.1 Å². The smallest absolute Gasteiger partial charge is 0.329 e. The van der Waals surface area contributed by atoms with Gasteiger partial charge >= 0.3 is 5.69 Å². The molecule has 0 aliphatic carbocycles. The van der Waals surface area contributed by atoms with E-state index >= 15 is 0 Å². The number of aryl methyl sites for hydroxylation is 1. The Bertz CT molecular complexity index is 708. The Kier molecular flexibility index (Phi) is 4.44. The second-order valence-corrected chi connectivity index (χ2v) is 4.96. The van der Waals surface area contributed by atoms with E-state index in [1.54, 1.807) is 19.2 Å². The van der Waals surface area contributed by atoms with Crippen molar-refractivity contribution in [2.45, 2.75) is 6.92 Å². The number of rotatable bonds is 4. The zero-order valence-electron chi connectivity index (χ0n) is 11.1. The standard InChI is InChI=1S/C12H11Cl2N5O2/c1-6-3-8(14)9(4-7(6)13)17-11-10(19(20)21)5-16-12(15-2)18-11/h3-5H,1-2H3,(H2,15,16,17,18). The average Bonchev–Trinajstić information content (AvgIpc) is 2.44. The lowest BCUT2D eigenvalue weighted by Crippen LogP contribution is -2.04. The number of nitro groups is 1. The molecule has 0 amide bonds. The molecule has 1 aromatic heterocycles. The summed E-state index contributed by atoms with van der Waals surface area (Å²) < 4.78 is 0. The second-order valence-electron chi connectivity index (χ2n) is 4.14. The molecule has 110 valence electrons. The summed E-state index contributed by atoms with van der Waals surface area (Å²) in [6.07, 6.45) is 1.12. The fourth-order valence-electron chi connectivity index (χ4n) is 1.59. The zero-order valence-corrected chi connectivity index (χ0v) is 12.7. The number of nitrogens with zero attached hydrogens (tertiary/aromatic N) is 3. The molecule has 1 heterocycles. The SMILES string of the molecule is CNc1ncc([N+](=O)[O-])c(Nc2cc(Cl)c(C)cc2Cl)n1. The van der Waals surface area contributed by atoms with Crippen molar-refractivity contribution < 1.29 is 4.92 Å². The van der Waals surface area contributed by atoms with E-state index in [-0.39, 0.29) is 17.5 Å². The highest BCUT2D eigenvalue weighted by Gasteiger charge is 2.18. The molecule has 0 radical (unpaired) electrons. The van der Waals surface area contributed by atoms with Crippen molar-refractivity contribution in [2.75, 3.05) is 17.7 Å². The largest absolute Gasteiger partial charge is 0.357 e. The Labute approximate surface area is 130 Å². The Hall–Kier alpha value is -2.12. The van der Waals surface area contributed by atoms with Crippen LogP contribution in [-0.2, 0) is 0 Å². The highest BCUT2D eigenvalue weighted by atomic mass is 35.5. The maximum absolute atomic E-state index is 11.0. The molecule has 2 aromatic rings. The molecule has 7 nitrogen and oxygen atoms in total. The van der Waals surface area contributed by atoms with E-state index in [0.717, 1.165) is 11.8 Å². The number of benzene rings is 1. The number of nitrogens with one attached hydrogen (secondary N) is 2. The zero-order chi connectivity index (χ0) is 15.6. The third-order valence-electron chi connectivity index (χ3n) is 2.69. The first-order chi connectivity index (χ1) is 9.92. The van der Waals surface area contributed by atoms with Crippen molar-refractivity contribution in [1.29, 1.82) is 0 Å². The van der Waals surface area contributed by atoms with Gasteiger partial charge in [0.25, 0.3) is 0 Å². The minimum atomic E-state index is -0.578. The molecule has 0 unspecified atom stereocenters. The fourth-order valence-corrected chi connectivity index (χ4v) is 2.02. The fraction of sp³-hybridized carbons (Fsp3) is 0.167. The van der Waals surface area contributed by atoms with E-state index in [4.69, 9.17) is 23.2 Å². The molecular weight excluding hydrogens is 317 g/mol. The Morgan fingerprint density at radius 3 is 2.62 bits per heavy atom. The number of anilines is 3. The molecule has 0 atom stereocenters. The third kappa shape index (κ3) is 3.32. The van der Waals surface area contributed by atoms with Gasteiger partial charge in [0.05, 0.1) is 15.6 Å². The Morgan fingerprint density at radius 1 is 1.29 bits per heavy atom. The molecule has 0 fully saturated rings. The maximum Gasteiger partial charge on any atom is 0.329 e. The number of aromatic nitrogens is 2. The van der Waals surface area contributed by atoms with E-state index in [1.807, 2.05) is 6.92 Å². The van der Waals surface area contributed by atoms with Gasteiger partial charge in [0.15, 0.2) is 0 Å². The van der Waals surface area contributed by atoms with Crippen molar-refractivity contribution in [1.82, 2.24) is 9.97 Å². The Morgan fingerprint density at radius 2 is 2.00 bits per heavy atom. The molecule has 21 heavy (non-hydrogen) atoms. The topological polar surface area (TPSA) is 93.0 Å². The molecule has 0 aliphatic rings. The molecule has 2 N–H and O–H groups in total.